The molecule has 19 heavy (non-hydrogen) atoms. The van der Waals surface area contributed by atoms with Crippen molar-refractivity contribution in [2.75, 3.05) is 13.2 Å². The van der Waals surface area contributed by atoms with E-state index in [1.165, 1.54) is 12.1 Å². The van der Waals surface area contributed by atoms with Crippen molar-refractivity contribution in [2.45, 2.75) is 17.7 Å². The van der Waals surface area contributed by atoms with Gasteiger partial charge in [0.2, 0.25) is 10.0 Å². The molecule has 0 amide bonds. The van der Waals surface area contributed by atoms with Crippen molar-refractivity contribution in [1.82, 2.24) is 4.72 Å². The lowest BCUT2D eigenvalue weighted by molar-refractivity contribution is -0.384. The van der Waals surface area contributed by atoms with E-state index in [1.807, 2.05) is 0 Å². The lowest BCUT2D eigenvalue weighted by atomic mass is 10.3. The number of rotatable bonds is 7. The minimum Gasteiger partial charge on any atom is -0.396 e. The topological polar surface area (TPSA) is 110 Å². The molecule has 106 valence electrons. The van der Waals surface area contributed by atoms with Crippen LogP contribution in [-0.2, 0) is 10.0 Å². The fourth-order valence-electron chi connectivity index (χ4n) is 1.33. The van der Waals surface area contributed by atoms with Crippen molar-refractivity contribution >= 4 is 27.3 Å². The normalized spacial score (nSPS) is 11.5. The van der Waals surface area contributed by atoms with Crippen molar-refractivity contribution in [2.24, 2.45) is 0 Å². The monoisotopic (exact) mass is 308 g/mol. The Bertz CT molecular complexity index is 561. The van der Waals surface area contributed by atoms with Gasteiger partial charge < -0.3 is 5.11 Å². The van der Waals surface area contributed by atoms with Crippen LogP contribution in [0.1, 0.15) is 12.8 Å². The molecule has 0 saturated carbocycles. The number of halogens is 1. The first kappa shape index (κ1) is 15.8. The Hall–Kier alpha value is -1.22. The number of hydrogen-bond acceptors (Lipinski definition) is 5. The van der Waals surface area contributed by atoms with Crippen molar-refractivity contribution in [3.05, 3.63) is 33.3 Å². The van der Waals surface area contributed by atoms with Crippen LogP contribution in [0.15, 0.2) is 23.1 Å². The first-order valence-corrected chi connectivity index (χ1v) is 7.29. The van der Waals surface area contributed by atoms with Gasteiger partial charge in [0.05, 0.1) is 9.82 Å². The van der Waals surface area contributed by atoms with Gasteiger partial charge in [0.25, 0.3) is 5.69 Å². The molecule has 0 spiro atoms. The summed E-state index contributed by atoms with van der Waals surface area (Å²) < 4.78 is 26.0. The van der Waals surface area contributed by atoms with Gasteiger partial charge in [0, 0.05) is 19.2 Å². The largest absolute Gasteiger partial charge is 0.396 e. The third-order valence-electron chi connectivity index (χ3n) is 2.30. The Kier molecular flexibility index (Phi) is 5.67. The van der Waals surface area contributed by atoms with Gasteiger partial charge in [-0.05, 0) is 25.0 Å². The van der Waals surface area contributed by atoms with E-state index < -0.39 is 20.6 Å². The standard InChI is InChI=1S/C10H13ClN2O5S/c11-9-4-3-8(7-10(9)13(15)16)19(17,18)12-5-1-2-6-14/h3-4,7,12,14H,1-2,5-6H2. The van der Waals surface area contributed by atoms with Gasteiger partial charge in [-0.15, -0.1) is 0 Å². The molecule has 1 aromatic carbocycles. The highest BCUT2D eigenvalue weighted by molar-refractivity contribution is 7.89. The number of nitro benzene ring substituents is 1. The summed E-state index contributed by atoms with van der Waals surface area (Å²) in [6, 6.07) is 3.28. The first-order valence-electron chi connectivity index (χ1n) is 5.43. The smallest absolute Gasteiger partial charge is 0.289 e. The molecule has 0 heterocycles. The zero-order valence-electron chi connectivity index (χ0n) is 9.87. The fraction of sp³-hybridized carbons (Fsp3) is 0.400. The molecule has 1 rings (SSSR count). The van der Waals surface area contributed by atoms with Crippen LogP contribution in [0.25, 0.3) is 0 Å². The number of nitro groups is 1. The zero-order chi connectivity index (χ0) is 14.5. The van der Waals surface area contributed by atoms with Crippen molar-refractivity contribution < 1.29 is 18.4 Å². The minimum absolute atomic E-state index is 0.0197. The van der Waals surface area contributed by atoms with Gasteiger partial charge in [0.1, 0.15) is 5.02 Å². The maximum atomic E-state index is 11.8. The summed E-state index contributed by atoms with van der Waals surface area (Å²) in [7, 11) is -3.81. The Morgan fingerprint density at radius 3 is 2.63 bits per heavy atom. The average Bonchev–Trinajstić information content (AvgIpc) is 2.34. The molecule has 0 aliphatic carbocycles. The van der Waals surface area contributed by atoms with Crippen LogP contribution in [0.5, 0.6) is 0 Å². The van der Waals surface area contributed by atoms with Gasteiger partial charge in [-0.2, -0.15) is 0 Å². The molecule has 1 aromatic rings. The lowest BCUT2D eigenvalue weighted by Gasteiger charge is -2.06. The molecule has 2 N–H and O–H groups in total. The molecular formula is C10H13ClN2O5S. The van der Waals surface area contributed by atoms with E-state index in [4.69, 9.17) is 16.7 Å². The number of hydrogen-bond donors (Lipinski definition) is 2. The highest BCUT2D eigenvalue weighted by Crippen LogP contribution is 2.26. The van der Waals surface area contributed by atoms with Gasteiger partial charge in [-0.1, -0.05) is 11.6 Å². The summed E-state index contributed by atoms with van der Waals surface area (Å²) in [5.74, 6) is 0. The molecule has 0 radical (unpaired) electrons. The van der Waals surface area contributed by atoms with Crippen LogP contribution >= 0.6 is 11.6 Å². The molecule has 0 saturated heterocycles. The van der Waals surface area contributed by atoms with Crippen molar-refractivity contribution in [3.63, 3.8) is 0 Å². The molecular weight excluding hydrogens is 296 g/mol. The Labute approximate surface area is 115 Å². The second-order valence-corrected chi connectivity index (χ2v) is 5.87. The van der Waals surface area contributed by atoms with E-state index in [2.05, 4.69) is 4.72 Å². The zero-order valence-corrected chi connectivity index (χ0v) is 11.4. The van der Waals surface area contributed by atoms with Gasteiger partial charge in [-0.25, -0.2) is 13.1 Å². The van der Waals surface area contributed by atoms with Crippen LogP contribution in [-0.4, -0.2) is 31.6 Å². The molecule has 0 atom stereocenters. The van der Waals surface area contributed by atoms with Crippen molar-refractivity contribution in [3.8, 4) is 0 Å². The number of nitrogens with zero attached hydrogens (tertiary/aromatic N) is 1. The first-order chi connectivity index (χ1) is 8.88. The molecule has 0 aliphatic heterocycles. The molecule has 9 heteroatoms. The lowest BCUT2D eigenvalue weighted by Crippen LogP contribution is -2.25. The molecule has 0 fully saturated rings. The second-order valence-electron chi connectivity index (χ2n) is 3.70. The fourth-order valence-corrected chi connectivity index (χ4v) is 2.61. The average molecular weight is 309 g/mol. The second kappa shape index (κ2) is 6.80. The summed E-state index contributed by atoms with van der Waals surface area (Å²) in [5.41, 5.74) is -0.458. The van der Waals surface area contributed by atoms with Crippen LogP contribution in [0.3, 0.4) is 0 Å². The number of benzene rings is 1. The Morgan fingerprint density at radius 2 is 2.05 bits per heavy atom. The van der Waals surface area contributed by atoms with Gasteiger partial charge >= 0.3 is 0 Å². The van der Waals surface area contributed by atoms with Crippen molar-refractivity contribution in [1.29, 1.82) is 0 Å². The molecule has 0 bridgehead atoms. The van der Waals surface area contributed by atoms with E-state index >= 15 is 0 Å². The summed E-state index contributed by atoms with van der Waals surface area (Å²) in [5, 5.41) is 19.1. The number of sulfonamides is 1. The summed E-state index contributed by atoms with van der Waals surface area (Å²) in [6.07, 6.45) is 0.953. The van der Waals surface area contributed by atoms with E-state index in [-0.39, 0.29) is 23.1 Å². The van der Waals surface area contributed by atoms with Crippen LogP contribution in [0.2, 0.25) is 5.02 Å². The van der Waals surface area contributed by atoms with E-state index in [0.717, 1.165) is 6.07 Å². The number of unbranched alkanes of at least 4 members (excludes halogenated alkanes) is 1. The van der Waals surface area contributed by atoms with Crippen LogP contribution < -0.4 is 4.72 Å². The maximum absolute atomic E-state index is 11.8. The highest BCUT2D eigenvalue weighted by Gasteiger charge is 2.20. The third kappa shape index (κ3) is 4.43. The highest BCUT2D eigenvalue weighted by atomic mass is 35.5. The Morgan fingerprint density at radius 1 is 1.37 bits per heavy atom. The number of aliphatic hydroxyl groups excluding tert-OH is 1. The van der Waals surface area contributed by atoms with Gasteiger partial charge in [0.15, 0.2) is 0 Å². The molecule has 0 aliphatic rings. The van der Waals surface area contributed by atoms with E-state index in [1.54, 1.807) is 0 Å². The van der Waals surface area contributed by atoms with Crippen LogP contribution in [0, 0.1) is 10.1 Å². The summed E-state index contributed by atoms with van der Waals surface area (Å²) >= 11 is 5.60. The minimum atomic E-state index is -3.81. The summed E-state index contributed by atoms with van der Waals surface area (Å²) in [6.45, 7) is 0.132. The molecule has 0 aromatic heterocycles. The predicted molar refractivity (Wildman–Crippen MR) is 69.6 cm³/mol. The number of aliphatic hydroxyl groups is 1. The third-order valence-corrected chi connectivity index (χ3v) is 4.08. The quantitative estimate of drug-likeness (QED) is 0.448. The van der Waals surface area contributed by atoms with E-state index in [0.29, 0.717) is 12.8 Å². The van der Waals surface area contributed by atoms with Gasteiger partial charge in [-0.3, -0.25) is 10.1 Å². The summed E-state index contributed by atoms with van der Waals surface area (Å²) in [4.78, 5) is 9.72. The maximum Gasteiger partial charge on any atom is 0.289 e. The Balaban J connectivity index is 2.89. The molecule has 0 unspecified atom stereocenters. The number of nitrogens with one attached hydrogen (secondary N) is 1. The van der Waals surface area contributed by atoms with Crippen LogP contribution in [0.4, 0.5) is 5.69 Å². The SMILES string of the molecule is O=[N+]([O-])c1cc(S(=O)(=O)NCCCCO)ccc1Cl. The molecule has 7 nitrogen and oxygen atoms in total. The van der Waals surface area contributed by atoms with E-state index in [9.17, 15) is 18.5 Å². The predicted octanol–water partition coefficient (Wildman–Crippen LogP) is 1.30.